The fraction of sp³-hybridized carbons (Fsp3) is 0.391. The Morgan fingerprint density at radius 3 is 2.09 bits per heavy atom. The van der Waals surface area contributed by atoms with Crippen LogP contribution in [0.2, 0.25) is 0 Å². The Labute approximate surface area is 195 Å². The SMILES string of the molecule is Cc1cc(C)c(OCC(=O)N2N=C(c3ccccc3)C[C@]2(O)C(F)(F)C(F)(F)C(F)(F)F)c(C)c1. The molecule has 190 valence electrons. The molecular weight excluding hydrogens is 485 g/mol. The normalized spacial score (nSPS) is 19.1. The number of ether oxygens (including phenoxy) is 1. The Balaban J connectivity index is 2.01. The van der Waals surface area contributed by atoms with Crippen LogP contribution < -0.4 is 4.74 Å². The fourth-order valence-corrected chi connectivity index (χ4v) is 3.86. The summed E-state index contributed by atoms with van der Waals surface area (Å²) in [6.07, 6.45) is -8.20. The monoisotopic (exact) mass is 506 g/mol. The van der Waals surface area contributed by atoms with E-state index in [1.807, 2.05) is 0 Å². The van der Waals surface area contributed by atoms with Crippen molar-refractivity contribution in [3.8, 4) is 5.75 Å². The Hall–Kier alpha value is -3.15. The summed E-state index contributed by atoms with van der Waals surface area (Å²) in [5, 5.41) is 13.7. The first kappa shape index (κ1) is 26.5. The molecule has 3 rings (SSSR count). The van der Waals surface area contributed by atoms with Gasteiger partial charge in [0.1, 0.15) is 5.75 Å². The molecule has 0 spiro atoms. The summed E-state index contributed by atoms with van der Waals surface area (Å²) >= 11 is 0. The zero-order valence-electron chi connectivity index (χ0n) is 18.8. The summed E-state index contributed by atoms with van der Waals surface area (Å²) in [7, 11) is 0. The Bertz CT molecular complexity index is 1130. The number of rotatable bonds is 6. The Kier molecular flexibility index (Phi) is 6.66. The zero-order chi connectivity index (χ0) is 26.4. The molecule has 0 saturated carbocycles. The molecule has 35 heavy (non-hydrogen) atoms. The van der Waals surface area contributed by atoms with E-state index in [1.54, 1.807) is 32.9 Å². The van der Waals surface area contributed by atoms with Gasteiger partial charge in [0.15, 0.2) is 6.61 Å². The average molecular weight is 506 g/mol. The topological polar surface area (TPSA) is 62.1 Å². The van der Waals surface area contributed by atoms with Gasteiger partial charge in [-0.3, -0.25) is 4.79 Å². The lowest BCUT2D eigenvalue weighted by molar-refractivity contribution is -0.401. The summed E-state index contributed by atoms with van der Waals surface area (Å²) in [5.41, 5.74) is -2.78. The number of aryl methyl sites for hydroxylation is 3. The molecule has 1 aliphatic rings. The minimum Gasteiger partial charge on any atom is -0.483 e. The van der Waals surface area contributed by atoms with E-state index in [2.05, 4.69) is 5.10 Å². The number of hydrazone groups is 1. The van der Waals surface area contributed by atoms with Gasteiger partial charge in [0, 0.05) is 6.42 Å². The van der Waals surface area contributed by atoms with Crippen LogP contribution in [-0.4, -0.2) is 52.1 Å². The van der Waals surface area contributed by atoms with Gasteiger partial charge >= 0.3 is 18.0 Å². The number of amides is 1. The van der Waals surface area contributed by atoms with Crippen molar-refractivity contribution in [1.82, 2.24) is 5.01 Å². The highest BCUT2D eigenvalue weighted by atomic mass is 19.4. The molecule has 0 aliphatic carbocycles. The van der Waals surface area contributed by atoms with Crippen molar-refractivity contribution in [2.75, 3.05) is 6.61 Å². The molecule has 1 N–H and O–H groups in total. The molecule has 2 aromatic rings. The maximum Gasteiger partial charge on any atom is 0.460 e. The largest absolute Gasteiger partial charge is 0.483 e. The second-order valence-corrected chi connectivity index (χ2v) is 8.27. The Morgan fingerprint density at radius 2 is 1.57 bits per heavy atom. The summed E-state index contributed by atoms with van der Waals surface area (Å²) < 4.78 is 101. The molecule has 0 radical (unpaired) electrons. The van der Waals surface area contributed by atoms with Crippen LogP contribution in [0.3, 0.4) is 0 Å². The van der Waals surface area contributed by atoms with Crippen LogP contribution in [0.15, 0.2) is 47.6 Å². The summed E-state index contributed by atoms with van der Waals surface area (Å²) in [4.78, 5) is 12.8. The van der Waals surface area contributed by atoms with Crippen LogP contribution in [0.5, 0.6) is 5.75 Å². The highest BCUT2D eigenvalue weighted by molar-refractivity contribution is 6.03. The van der Waals surface area contributed by atoms with Gasteiger partial charge in [-0.2, -0.15) is 40.8 Å². The van der Waals surface area contributed by atoms with E-state index in [-0.39, 0.29) is 11.3 Å². The summed E-state index contributed by atoms with van der Waals surface area (Å²) in [6.45, 7) is 4.00. The minimum absolute atomic E-state index is 0.0403. The van der Waals surface area contributed by atoms with E-state index >= 15 is 0 Å². The molecule has 0 saturated heterocycles. The van der Waals surface area contributed by atoms with Crippen molar-refractivity contribution in [1.29, 1.82) is 0 Å². The number of hydrogen-bond donors (Lipinski definition) is 1. The predicted molar refractivity (Wildman–Crippen MR) is 111 cm³/mol. The molecular formula is C23H21F7N2O3. The van der Waals surface area contributed by atoms with Gasteiger partial charge in [-0.25, -0.2) is 0 Å². The zero-order valence-corrected chi connectivity index (χ0v) is 18.8. The molecule has 1 heterocycles. The second-order valence-electron chi connectivity index (χ2n) is 8.27. The van der Waals surface area contributed by atoms with E-state index in [0.29, 0.717) is 11.1 Å². The van der Waals surface area contributed by atoms with Gasteiger partial charge in [0.2, 0.25) is 5.72 Å². The number of aliphatic hydroxyl groups is 1. The van der Waals surface area contributed by atoms with E-state index in [9.17, 15) is 40.6 Å². The molecule has 2 aromatic carbocycles. The highest BCUT2D eigenvalue weighted by Gasteiger charge is 2.82. The first-order valence-electron chi connectivity index (χ1n) is 10.2. The third-order valence-electron chi connectivity index (χ3n) is 5.53. The average Bonchev–Trinajstić information content (AvgIpc) is 3.12. The van der Waals surface area contributed by atoms with Gasteiger partial charge in [-0.05, 0) is 37.5 Å². The van der Waals surface area contributed by atoms with Crippen molar-refractivity contribution < 1.29 is 45.4 Å². The van der Waals surface area contributed by atoms with Gasteiger partial charge in [-0.1, -0.05) is 48.0 Å². The van der Waals surface area contributed by atoms with Crippen LogP contribution in [0.25, 0.3) is 0 Å². The number of halogens is 7. The number of alkyl halides is 7. The fourth-order valence-electron chi connectivity index (χ4n) is 3.86. The molecule has 0 unspecified atom stereocenters. The van der Waals surface area contributed by atoms with Crippen molar-refractivity contribution in [3.05, 3.63) is 64.7 Å². The molecule has 12 heteroatoms. The standard InChI is InChI=1S/C23H21F7N2O3/c1-13-9-14(2)19(15(3)10-13)35-12-18(33)32-20(34,21(24,25)22(26,27)23(28,29)30)11-17(31-32)16-7-5-4-6-8-16/h4-10,34H,11-12H2,1-3H3/t20-/m0/s1. The molecule has 1 atom stereocenters. The van der Waals surface area contributed by atoms with Crippen molar-refractivity contribution in [2.24, 2.45) is 5.10 Å². The first-order valence-corrected chi connectivity index (χ1v) is 10.2. The molecule has 0 aromatic heterocycles. The second kappa shape index (κ2) is 8.81. The maximum atomic E-state index is 14.8. The lowest BCUT2D eigenvalue weighted by Crippen LogP contribution is -2.69. The number of benzene rings is 2. The Morgan fingerprint density at radius 1 is 1.03 bits per heavy atom. The van der Waals surface area contributed by atoms with Crippen LogP contribution in [0.4, 0.5) is 30.7 Å². The van der Waals surface area contributed by atoms with E-state index in [4.69, 9.17) is 4.74 Å². The van der Waals surface area contributed by atoms with Crippen molar-refractivity contribution >= 4 is 11.6 Å². The third kappa shape index (κ3) is 4.46. The van der Waals surface area contributed by atoms with Crippen LogP contribution >= 0.6 is 0 Å². The van der Waals surface area contributed by atoms with E-state index < -0.39 is 53.4 Å². The lowest BCUT2D eigenvalue weighted by atomic mass is 9.91. The number of nitrogens with zero attached hydrogens (tertiary/aromatic N) is 2. The van der Waals surface area contributed by atoms with Gasteiger partial charge in [0.25, 0.3) is 5.91 Å². The predicted octanol–water partition coefficient (Wildman–Crippen LogP) is 5.15. The van der Waals surface area contributed by atoms with E-state index in [0.717, 1.165) is 5.56 Å². The molecule has 1 amide bonds. The maximum absolute atomic E-state index is 14.8. The lowest BCUT2D eigenvalue weighted by Gasteiger charge is -2.41. The number of hydrogen-bond acceptors (Lipinski definition) is 4. The van der Waals surface area contributed by atoms with Crippen LogP contribution in [0.1, 0.15) is 28.7 Å². The molecule has 0 bridgehead atoms. The highest BCUT2D eigenvalue weighted by Crippen LogP contribution is 2.54. The first-order chi connectivity index (χ1) is 16.0. The van der Waals surface area contributed by atoms with Crippen molar-refractivity contribution in [2.45, 2.75) is 50.9 Å². The summed E-state index contributed by atoms with van der Waals surface area (Å²) in [5.74, 6) is -14.2. The van der Waals surface area contributed by atoms with Gasteiger partial charge < -0.3 is 9.84 Å². The smallest absolute Gasteiger partial charge is 0.460 e. The van der Waals surface area contributed by atoms with Crippen LogP contribution in [0, 0.1) is 20.8 Å². The van der Waals surface area contributed by atoms with Gasteiger partial charge in [-0.15, -0.1) is 0 Å². The molecule has 5 nitrogen and oxygen atoms in total. The number of carbonyl (C=O) groups excluding carboxylic acids is 1. The molecule has 1 aliphatic heterocycles. The minimum atomic E-state index is -6.72. The van der Waals surface area contributed by atoms with Crippen molar-refractivity contribution in [3.63, 3.8) is 0 Å². The summed E-state index contributed by atoms with van der Waals surface area (Å²) in [6, 6.07) is 10.4. The van der Waals surface area contributed by atoms with Crippen LogP contribution in [-0.2, 0) is 4.79 Å². The third-order valence-corrected chi connectivity index (χ3v) is 5.53. The molecule has 0 fully saturated rings. The quantitative estimate of drug-likeness (QED) is 0.552. The van der Waals surface area contributed by atoms with Gasteiger partial charge in [0.05, 0.1) is 5.71 Å². The number of carbonyl (C=O) groups is 1. The van der Waals surface area contributed by atoms with E-state index in [1.165, 1.54) is 30.3 Å².